The van der Waals surface area contributed by atoms with Crippen molar-refractivity contribution in [2.75, 3.05) is 6.79 Å². The number of carbonyl (C=O) groups excluding carboxylic acids is 1. The molecule has 4 nitrogen and oxygen atoms in total. The third-order valence-electron chi connectivity index (χ3n) is 5.60. The fourth-order valence-electron chi connectivity index (χ4n) is 5.04. The predicted octanol–water partition coefficient (Wildman–Crippen LogP) is 2.02. The second kappa shape index (κ2) is 4.32. The number of hydrogen-bond donors (Lipinski definition) is 1. The summed E-state index contributed by atoms with van der Waals surface area (Å²) in [6, 6.07) is 0. The Morgan fingerprint density at radius 2 is 1.89 bits per heavy atom. The molecule has 0 spiro atoms. The number of aliphatic hydroxyl groups is 1. The van der Waals surface area contributed by atoms with Crippen molar-refractivity contribution >= 4 is 5.97 Å². The summed E-state index contributed by atoms with van der Waals surface area (Å²) in [4.78, 5) is 11.7. The topological polar surface area (TPSA) is 55.8 Å². The zero-order valence-electron chi connectivity index (χ0n) is 11.4. The lowest BCUT2D eigenvalue weighted by Crippen LogP contribution is -2.67. The van der Waals surface area contributed by atoms with Gasteiger partial charge in [0.15, 0.2) is 0 Å². The van der Waals surface area contributed by atoms with E-state index in [0.29, 0.717) is 11.8 Å². The van der Waals surface area contributed by atoms with Gasteiger partial charge in [0.25, 0.3) is 0 Å². The minimum absolute atomic E-state index is 0.129. The molecule has 0 saturated heterocycles. The average Bonchev–Trinajstić information content (AvgIpc) is 2.35. The van der Waals surface area contributed by atoms with E-state index in [-0.39, 0.29) is 24.3 Å². The van der Waals surface area contributed by atoms with Crippen LogP contribution in [-0.4, -0.2) is 29.1 Å². The van der Waals surface area contributed by atoms with Crippen molar-refractivity contribution < 1.29 is 19.4 Å². The van der Waals surface area contributed by atoms with Crippen LogP contribution in [0.2, 0.25) is 0 Å². The van der Waals surface area contributed by atoms with Gasteiger partial charge in [0, 0.05) is 12.0 Å². The Morgan fingerprint density at radius 1 is 1.32 bits per heavy atom. The van der Waals surface area contributed by atoms with Crippen LogP contribution in [0.5, 0.6) is 0 Å². The van der Waals surface area contributed by atoms with Crippen LogP contribution < -0.4 is 0 Å². The van der Waals surface area contributed by atoms with Crippen molar-refractivity contribution in [2.24, 2.45) is 17.8 Å². The molecule has 4 aliphatic rings. The monoisotopic (exact) mass is 266 g/mol. The highest BCUT2D eigenvalue weighted by molar-refractivity contribution is 5.81. The van der Waals surface area contributed by atoms with E-state index in [9.17, 15) is 9.90 Å². The van der Waals surface area contributed by atoms with Crippen LogP contribution in [0.1, 0.15) is 39.0 Å². The van der Waals surface area contributed by atoms with E-state index in [1.165, 1.54) is 12.5 Å². The molecule has 0 amide bonds. The summed E-state index contributed by atoms with van der Waals surface area (Å²) in [6.45, 7) is 5.34. The minimum atomic E-state index is -0.412. The first-order valence-corrected chi connectivity index (χ1v) is 7.14. The molecular formula is C15H22O4. The van der Waals surface area contributed by atoms with Crippen LogP contribution in [-0.2, 0) is 14.3 Å². The second-order valence-corrected chi connectivity index (χ2v) is 6.53. The van der Waals surface area contributed by atoms with E-state index >= 15 is 0 Å². The normalized spacial score (nSPS) is 47.2. The van der Waals surface area contributed by atoms with E-state index < -0.39 is 5.60 Å². The van der Waals surface area contributed by atoms with Gasteiger partial charge in [0.05, 0.1) is 5.60 Å². The largest absolute Gasteiger partial charge is 0.456 e. The van der Waals surface area contributed by atoms with Crippen molar-refractivity contribution in [1.29, 1.82) is 0 Å². The first-order chi connectivity index (χ1) is 9.03. The summed E-state index contributed by atoms with van der Waals surface area (Å²) >= 11 is 0. The van der Waals surface area contributed by atoms with Crippen LogP contribution in [0.15, 0.2) is 12.7 Å². The summed E-state index contributed by atoms with van der Waals surface area (Å²) in [7, 11) is 0. The number of ether oxygens (including phenoxy) is 2. The molecule has 0 heterocycles. The maximum Gasteiger partial charge on any atom is 0.330 e. The highest BCUT2D eigenvalue weighted by atomic mass is 16.6. The predicted molar refractivity (Wildman–Crippen MR) is 69.2 cm³/mol. The first-order valence-electron chi connectivity index (χ1n) is 7.14. The Hall–Kier alpha value is -0.870. The molecule has 4 aliphatic carbocycles. The van der Waals surface area contributed by atoms with E-state index in [0.717, 1.165) is 25.7 Å². The van der Waals surface area contributed by atoms with Crippen LogP contribution in [0.4, 0.5) is 0 Å². The molecule has 4 fully saturated rings. The van der Waals surface area contributed by atoms with Crippen LogP contribution in [0.25, 0.3) is 0 Å². The van der Waals surface area contributed by atoms with Gasteiger partial charge < -0.3 is 14.6 Å². The smallest absolute Gasteiger partial charge is 0.330 e. The lowest BCUT2D eigenvalue weighted by Gasteiger charge is -2.64. The lowest BCUT2D eigenvalue weighted by molar-refractivity contribution is -0.278. The van der Waals surface area contributed by atoms with Gasteiger partial charge in [-0.05, 0) is 43.9 Å². The quantitative estimate of drug-likeness (QED) is 0.480. The molecule has 1 N–H and O–H groups in total. The van der Waals surface area contributed by atoms with Crippen molar-refractivity contribution in [3.05, 3.63) is 12.7 Å². The van der Waals surface area contributed by atoms with Gasteiger partial charge in [-0.1, -0.05) is 13.5 Å². The van der Waals surface area contributed by atoms with Crippen molar-refractivity contribution in [3.63, 3.8) is 0 Å². The second-order valence-electron chi connectivity index (χ2n) is 6.53. The van der Waals surface area contributed by atoms with E-state index in [1.807, 2.05) is 0 Å². The summed E-state index contributed by atoms with van der Waals surface area (Å²) < 4.78 is 11.5. The number of rotatable bonds is 4. The fraction of sp³-hybridized carbons (Fsp3) is 0.800. The molecule has 19 heavy (non-hydrogen) atoms. The fourth-order valence-corrected chi connectivity index (χ4v) is 5.04. The number of hydrogen-bond acceptors (Lipinski definition) is 4. The van der Waals surface area contributed by atoms with Crippen molar-refractivity contribution in [3.8, 4) is 0 Å². The highest BCUT2D eigenvalue weighted by Crippen LogP contribution is 2.62. The third-order valence-corrected chi connectivity index (χ3v) is 5.60. The molecule has 4 bridgehead atoms. The van der Waals surface area contributed by atoms with Gasteiger partial charge in [0.1, 0.15) is 12.4 Å². The van der Waals surface area contributed by atoms with Crippen LogP contribution in [0, 0.1) is 17.8 Å². The minimum Gasteiger partial charge on any atom is -0.456 e. The lowest BCUT2D eigenvalue weighted by atomic mass is 9.48. The Kier molecular flexibility index (Phi) is 2.98. The average molecular weight is 266 g/mol. The Labute approximate surface area is 113 Å². The molecule has 3 unspecified atom stereocenters. The van der Waals surface area contributed by atoms with Crippen molar-refractivity contribution in [2.45, 2.75) is 50.2 Å². The van der Waals surface area contributed by atoms with Gasteiger partial charge in [-0.15, -0.1) is 0 Å². The zero-order valence-corrected chi connectivity index (χ0v) is 11.4. The molecular weight excluding hydrogens is 244 g/mol. The third kappa shape index (κ3) is 1.84. The SMILES string of the molecule is C=CC(=O)OC12CC3CC(CC(OCO)(C3)C1C)C2. The molecule has 3 atom stereocenters. The summed E-state index contributed by atoms with van der Waals surface area (Å²) in [5.41, 5.74) is -0.717. The molecule has 4 heteroatoms. The molecule has 4 rings (SSSR count). The number of carbonyl (C=O) groups is 1. The molecule has 0 aromatic carbocycles. The van der Waals surface area contributed by atoms with Crippen molar-refractivity contribution in [1.82, 2.24) is 0 Å². The van der Waals surface area contributed by atoms with Gasteiger partial charge in [-0.2, -0.15) is 0 Å². The molecule has 0 aromatic rings. The van der Waals surface area contributed by atoms with E-state index in [1.54, 1.807) is 0 Å². The molecule has 0 radical (unpaired) electrons. The van der Waals surface area contributed by atoms with Gasteiger partial charge in [-0.3, -0.25) is 0 Å². The van der Waals surface area contributed by atoms with Gasteiger partial charge in [-0.25, -0.2) is 4.79 Å². The summed E-state index contributed by atoms with van der Waals surface area (Å²) in [6.07, 6.45) is 6.28. The Balaban J connectivity index is 1.93. The highest BCUT2D eigenvalue weighted by Gasteiger charge is 2.64. The Bertz CT molecular complexity index is 389. The molecule has 0 aromatic heterocycles. The van der Waals surface area contributed by atoms with Gasteiger partial charge in [0.2, 0.25) is 0 Å². The van der Waals surface area contributed by atoms with E-state index in [4.69, 9.17) is 9.47 Å². The van der Waals surface area contributed by atoms with Crippen LogP contribution >= 0.6 is 0 Å². The first kappa shape index (κ1) is 13.1. The van der Waals surface area contributed by atoms with E-state index in [2.05, 4.69) is 13.5 Å². The summed E-state index contributed by atoms with van der Waals surface area (Å²) in [5, 5.41) is 9.21. The Morgan fingerprint density at radius 3 is 2.42 bits per heavy atom. The molecule has 106 valence electrons. The maximum atomic E-state index is 11.7. The molecule has 4 saturated carbocycles. The maximum absolute atomic E-state index is 11.7. The standard InChI is InChI=1S/C15H22O4/c1-3-13(17)19-15-7-11-4-12(8-15)6-14(5-11,10(15)2)18-9-16/h3,10-12,16H,1,4-9H2,2H3. The zero-order chi connectivity index (χ0) is 13.7. The number of aliphatic hydroxyl groups excluding tert-OH is 1. The van der Waals surface area contributed by atoms with Crippen LogP contribution in [0.3, 0.4) is 0 Å². The summed E-state index contributed by atoms with van der Waals surface area (Å²) in [5.74, 6) is 0.887. The van der Waals surface area contributed by atoms with Gasteiger partial charge >= 0.3 is 5.97 Å². The number of esters is 1. The molecule has 0 aliphatic heterocycles.